The van der Waals surface area contributed by atoms with E-state index in [-0.39, 0.29) is 11.8 Å². The third-order valence-electron chi connectivity index (χ3n) is 5.24. The summed E-state index contributed by atoms with van der Waals surface area (Å²) >= 11 is 0. The number of ether oxygens (including phenoxy) is 2. The molecule has 0 aliphatic carbocycles. The molecule has 1 aromatic heterocycles. The summed E-state index contributed by atoms with van der Waals surface area (Å²) in [6.07, 6.45) is 1.47. The summed E-state index contributed by atoms with van der Waals surface area (Å²) in [6, 6.07) is 13.9. The highest BCUT2D eigenvalue weighted by Crippen LogP contribution is 2.31. The molecule has 0 saturated carbocycles. The Labute approximate surface area is 176 Å². The Kier molecular flexibility index (Phi) is 6.07. The first kappa shape index (κ1) is 20.1. The molecule has 0 atom stereocenters. The van der Waals surface area contributed by atoms with Gasteiger partial charge in [0.1, 0.15) is 17.0 Å². The normalized spacial score (nSPS) is 14.7. The molecule has 158 valence electrons. The van der Waals surface area contributed by atoms with E-state index in [1.165, 1.54) is 0 Å². The maximum Gasteiger partial charge on any atom is 0.298 e. The fourth-order valence-corrected chi connectivity index (χ4v) is 3.71. The molecule has 7 nitrogen and oxygen atoms in total. The minimum Gasteiger partial charge on any atom is -0.494 e. The SMILES string of the molecule is CCOc1ccc(OCC)c(NC(=O)C2CCN(c3nc4ccccc4o3)CC2)c1. The van der Waals surface area contributed by atoms with E-state index < -0.39 is 0 Å². The van der Waals surface area contributed by atoms with Gasteiger partial charge in [0.25, 0.3) is 6.01 Å². The summed E-state index contributed by atoms with van der Waals surface area (Å²) in [5.41, 5.74) is 2.28. The summed E-state index contributed by atoms with van der Waals surface area (Å²) in [5.74, 6) is 1.29. The van der Waals surface area contributed by atoms with Gasteiger partial charge in [-0.15, -0.1) is 0 Å². The van der Waals surface area contributed by atoms with Gasteiger partial charge in [0, 0.05) is 25.1 Å². The number of amides is 1. The van der Waals surface area contributed by atoms with Crippen LogP contribution in [0.3, 0.4) is 0 Å². The molecule has 2 heterocycles. The van der Waals surface area contributed by atoms with Crippen molar-refractivity contribution in [3.05, 3.63) is 42.5 Å². The van der Waals surface area contributed by atoms with Gasteiger partial charge in [0.15, 0.2) is 5.58 Å². The largest absolute Gasteiger partial charge is 0.494 e. The Bertz CT molecular complexity index is 976. The molecule has 1 aliphatic heterocycles. The quantitative estimate of drug-likeness (QED) is 0.620. The molecule has 1 fully saturated rings. The van der Waals surface area contributed by atoms with E-state index in [0.29, 0.717) is 36.4 Å². The number of aromatic nitrogens is 1. The van der Waals surface area contributed by atoms with Crippen molar-refractivity contribution in [2.24, 2.45) is 5.92 Å². The average Bonchev–Trinajstić information content (AvgIpc) is 3.20. The van der Waals surface area contributed by atoms with Crippen LogP contribution in [-0.2, 0) is 4.79 Å². The van der Waals surface area contributed by atoms with Crippen molar-refractivity contribution in [1.82, 2.24) is 4.98 Å². The van der Waals surface area contributed by atoms with Gasteiger partial charge in [-0.1, -0.05) is 12.1 Å². The predicted molar refractivity (Wildman–Crippen MR) is 116 cm³/mol. The topological polar surface area (TPSA) is 76.8 Å². The first-order valence-electron chi connectivity index (χ1n) is 10.5. The van der Waals surface area contributed by atoms with Crippen molar-refractivity contribution in [2.75, 3.05) is 36.5 Å². The predicted octanol–water partition coefficient (Wildman–Crippen LogP) is 4.48. The minimum absolute atomic E-state index is 0.00168. The maximum atomic E-state index is 12.9. The van der Waals surface area contributed by atoms with E-state index >= 15 is 0 Å². The van der Waals surface area contributed by atoms with Crippen molar-refractivity contribution in [1.29, 1.82) is 0 Å². The number of hydrogen-bond donors (Lipinski definition) is 1. The molecule has 4 rings (SSSR count). The Balaban J connectivity index is 1.40. The molecule has 1 saturated heterocycles. The van der Waals surface area contributed by atoms with Gasteiger partial charge in [-0.2, -0.15) is 4.98 Å². The van der Waals surface area contributed by atoms with Crippen LogP contribution >= 0.6 is 0 Å². The number of anilines is 2. The Morgan fingerprint density at radius 3 is 2.63 bits per heavy atom. The highest BCUT2D eigenvalue weighted by molar-refractivity contribution is 5.94. The minimum atomic E-state index is -0.0733. The van der Waals surface area contributed by atoms with E-state index in [4.69, 9.17) is 13.9 Å². The van der Waals surface area contributed by atoms with E-state index in [1.807, 2.05) is 56.3 Å². The fourth-order valence-electron chi connectivity index (χ4n) is 3.71. The van der Waals surface area contributed by atoms with Crippen LogP contribution in [0, 0.1) is 5.92 Å². The molecular weight excluding hydrogens is 382 g/mol. The smallest absolute Gasteiger partial charge is 0.298 e. The first-order chi connectivity index (χ1) is 14.7. The fraction of sp³-hybridized carbons (Fsp3) is 0.391. The summed E-state index contributed by atoms with van der Waals surface area (Å²) in [7, 11) is 0. The number of hydrogen-bond acceptors (Lipinski definition) is 6. The monoisotopic (exact) mass is 409 g/mol. The molecule has 1 amide bonds. The number of oxazole rings is 1. The molecule has 0 unspecified atom stereocenters. The van der Waals surface area contributed by atoms with Gasteiger partial charge < -0.3 is 24.1 Å². The molecule has 1 N–H and O–H groups in total. The Morgan fingerprint density at radius 2 is 1.90 bits per heavy atom. The average molecular weight is 409 g/mol. The number of carbonyl (C=O) groups is 1. The van der Waals surface area contributed by atoms with E-state index in [9.17, 15) is 4.79 Å². The summed E-state index contributed by atoms with van der Waals surface area (Å²) in [4.78, 5) is 19.6. The second-order valence-corrected chi connectivity index (χ2v) is 7.24. The number of piperidine rings is 1. The standard InChI is InChI=1S/C23H27N3O4/c1-3-28-17-9-10-20(29-4-2)19(15-17)24-22(27)16-11-13-26(14-12-16)23-25-18-7-5-6-8-21(18)30-23/h5-10,15-16H,3-4,11-14H2,1-2H3,(H,24,27). The maximum absolute atomic E-state index is 12.9. The van der Waals surface area contributed by atoms with Crippen molar-refractivity contribution in [2.45, 2.75) is 26.7 Å². The van der Waals surface area contributed by atoms with Gasteiger partial charge in [-0.25, -0.2) is 0 Å². The van der Waals surface area contributed by atoms with Crippen LogP contribution in [0.2, 0.25) is 0 Å². The number of fused-ring (bicyclic) bond motifs is 1. The van der Waals surface area contributed by atoms with Crippen LogP contribution in [0.4, 0.5) is 11.7 Å². The van der Waals surface area contributed by atoms with E-state index in [1.54, 1.807) is 0 Å². The van der Waals surface area contributed by atoms with Gasteiger partial charge in [0.05, 0.1) is 18.9 Å². The highest BCUT2D eigenvalue weighted by Gasteiger charge is 2.28. The zero-order chi connectivity index (χ0) is 20.9. The number of para-hydroxylation sites is 2. The van der Waals surface area contributed by atoms with E-state index in [0.717, 1.165) is 37.0 Å². The van der Waals surface area contributed by atoms with Gasteiger partial charge in [-0.05, 0) is 51.0 Å². The Hall–Kier alpha value is -3.22. The van der Waals surface area contributed by atoms with Crippen LogP contribution in [0.1, 0.15) is 26.7 Å². The van der Waals surface area contributed by atoms with Crippen molar-refractivity contribution < 1.29 is 18.7 Å². The lowest BCUT2D eigenvalue weighted by Gasteiger charge is -2.30. The van der Waals surface area contributed by atoms with Gasteiger partial charge in [0.2, 0.25) is 5.91 Å². The molecule has 0 bridgehead atoms. The number of nitrogens with one attached hydrogen (secondary N) is 1. The van der Waals surface area contributed by atoms with Gasteiger partial charge in [-0.3, -0.25) is 4.79 Å². The van der Waals surface area contributed by atoms with Crippen LogP contribution in [0.5, 0.6) is 11.5 Å². The first-order valence-corrected chi connectivity index (χ1v) is 10.5. The third kappa shape index (κ3) is 4.35. The molecule has 0 radical (unpaired) electrons. The summed E-state index contributed by atoms with van der Waals surface area (Å²) < 4.78 is 17.1. The number of carbonyl (C=O) groups excluding carboxylic acids is 1. The highest BCUT2D eigenvalue weighted by atomic mass is 16.5. The molecule has 2 aromatic carbocycles. The van der Waals surface area contributed by atoms with Gasteiger partial charge >= 0.3 is 0 Å². The van der Waals surface area contributed by atoms with E-state index in [2.05, 4.69) is 15.2 Å². The number of nitrogens with zero attached hydrogens (tertiary/aromatic N) is 2. The molecule has 1 aliphatic rings. The van der Waals surface area contributed by atoms with Crippen molar-refractivity contribution in [3.8, 4) is 11.5 Å². The van der Waals surface area contributed by atoms with Crippen LogP contribution in [0.15, 0.2) is 46.9 Å². The van der Waals surface area contributed by atoms with Crippen LogP contribution < -0.4 is 19.7 Å². The molecule has 30 heavy (non-hydrogen) atoms. The molecule has 7 heteroatoms. The van der Waals surface area contributed by atoms with Crippen molar-refractivity contribution >= 4 is 28.7 Å². The zero-order valence-electron chi connectivity index (χ0n) is 17.4. The lowest BCUT2D eigenvalue weighted by atomic mass is 9.96. The number of benzene rings is 2. The third-order valence-corrected chi connectivity index (χ3v) is 5.24. The molecule has 3 aromatic rings. The van der Waals surface area contributed by atoms with Crippen LogP contribution in [-0.4, -0.2) is 37.2 Å². The van der Waals surface area contributed by atoms with Crippen LogP contribution in [0.25, 0.3) is 11.1 Å². The second-order valence-electron chi connectivity index (χ2n) is 7.24. The summed E-state index contributed by atoms with van der Waals surface area (Å²) in [5, 5.41) is 3.04. The van der Waals surface area contributed by atoms with Crippen molar-refractivity contribution in [3.63, 3.8) is 0 Å². The second kappa shape index (κ2) is 9.07. The summed E-state index contributed by atoms with van der Waals surface area (Å²) in [6.45, 7) is 6.39. The number of rotatable bonds is 7. The zero-order valence-corrected chi connectivity index (χ0v) is 17.4. The lowest BCUT2D eigenvalue weighted by Crippen LogP contribution is -2.38. The molecule has 0 spiro atoms. The lowest BCUT2D eigenvalue weighted by molar-refractivity contribution is -0.120. The Morgan fingerprint density at radius 1 is 1.13 bits per heavy atom. The molecular formula is C23H27N3O4.